The second kappa shape index (κ2) is 10.3. The minimum Gasteiger partial charge on any atom is -0.344 e. The number of allylic oxidation sites excluding steroid dienone is 11. The van der Waals surface area contributed by atoms with Gasteiger partial charge in [0.25, 0.3) is 0 Å². The van der Waals surface area contributed by atoms with E-state index in [2.05, 4.69) is 32.6 Å². The smallest absolute Gasteiger partial charge is 0.164 e. The predicted molar refractivity (Wildman–Crippen MR) is 128 cm³/mol. The van der Waals surface area contributed by atoms with Crippen LogP contribution in [0.25, 0.3) is 0 Å². The van der Waals surface area contributed by atoms with Gasteiger partial charge >= 0.3 is 0 Å². The molecule has 1 heterocycles. The lowest BCUT2D eigenvalue weighted by Crippen LogP contribution is -2.37. The van der Waals surface area contributed by atoms with Crippen molar-refractivity contribution in [2.75, 3.05) is 0 Å². The van der Waals surface area contributed by atoms with Gasteiger partial charge in [-0.3, -0.25) is 4.79 Å². The summed E-state index contributed by atoms with van der Waals surface area (Å²) in [6.45, 7) is 16.4. The van der Waals surface area contributed by atoms with Crippen molar-refractivity contribution in [2.24, 2.45) is 5.41 Å². The molecule has 0 bridgehead atoms. The molecular formula is C28H36O3. The molecule has 2 aliphatic rings. The number of fused-ring (bicyclic) bond motifs is 1. The zero-order chi connectivity index (χ0) is 23.2. The Labute approximate surface area is 188 Å². The Morgan fingerprint density at radius 1 is 0.968 bits per heavy atom. The van der Waals surface area contributed by atoms with Gasteiger partial charge in [0.15, 0.2) is 5.79 Å². The number of aldehydes is 1. The molecular weight excluding hydrogens is 384 g/mol. The van der Waals surface area contributed by atoms with Crippen LogP contribution in [0.3, 0.4) is 0 Å². The summed E-state index contributed by atoms with van der Waals surface area (Å²) in [5, 5.41) is 0. The summed E-state index contributed by atoms with van der Waals surface area (Å²) in [7, 11) is 0. The summed E-state index contributed by atoms with van der Waals surface area (Å²) in [4.78, 5) is 10.6. The first-order chi connectivity index (χ1) is 14.4. The fourth-order valence-corrected chi connectivity index (χ4v) is 3.96. The Balaban J connectivity index is 2.11. The van der Waals surface area contributed by atoms with E-state index < -0.39 is 5.79 Å². The van der Waals surface area contributed by atoms with Crippen LogP contribution in [0, 0.1) is 17.3 Å². The lowest BCUT2D eigenvalue weighted by Gasteiger charge is -2.37. The molecule has 0 spiro atoms. The van der Waals surface area contributed by atoms with Crippen LogP contribution in [0.2, 0.25) is 0 Å². The third-order valence-corrected chi connectivity index (χ3v) is 5.50. The number of carbonyl (C=O) groups excluding carboxylic acids is 1. The summed E-state index contributed by atoms with van der Waals surface area (Å²) in [6, 6.07) is 0. The van der Waals surface area contributed by atoms with E-state index in [0.29, 0.717) is 5.57 Å². The normalized spacial score (nSPS) is 26.3. The van der Waals surface area contributed by atoms with Gasteiger partial charge in [-0.25, -0.2) is 0 Å². The molecule has 0 aromatic heterocycles. The molecule has 0 saturated carbocycles. The van der Waals surface area contributed by atoms with Crippen LogP contribution in [0.15, 0.2) is 70.4 Å². The summed E-state index contributed by atoms with van der Waals surface area (Å²) < 4.78 is 12.2. The van der Waals surface area contributed by atoms with Crippen molar-refractivity contribution in [1.82, 2.24) is 0 Å². The van der Waals surface area contributed by atoms with E-state index in [9.17, 15) is 4.79 Å². The summed E-state index contributed by atoms with van der Waals surface area (Å²) >= 11 is 0. The van der Waals surface area contributed by atoms with E-state index in [-0.39, 0.29) is 17.6 Å². The molecule has 1 aliphatic carbocycles. The molecule has 166 valence electrons. The quantitative estimate of drug-likeness (QED) is 0.223. The van der Waals surface area contributed by atoms with Gasteiger partial charge in [0.05, 0.1) is 6.10 Å². The Bertz CT molecular complexity index is 936. The van der Waals surface area contributed by atoms with Crippen LogP contribution in [-0.4, -0.2) is 24.3 Å². The third-order valence-electron chi connectivity index (χ3n) is 5.50. The predicted octanol–water partition coefficient (Wildman–Crippen LogP) is 6.41. The third kappa shape index (κ3) is 7.06. The number of hydrogen-bond donors (Lipinski definition) is 0. The SMILES string of the molecule is CC1=C(C#C/C(C)=C/C=C/C(C)=C/C=C/C=C(\C)C=O)C(C)(C)C[C@@H]2OC(C)(C)OC12. The van der Waals surface area contributed by atoms with E-state index in [4.69, 9.17) is 9.47 Å². The maximum Gasteiger partial charge on any atom is 0.164 e. The molecule has 3 nitrogen and oxygen atoms in total. The van der Waals surface area contributed by atoms with Gasteiger partial charge in [0.1, 0.15) is 12.4 Å². The number of rotatable bonds is 5. The molecule has 0 N–H and O–H groups in total. The lowest BCUT2D eigenvalue weighted by atomic mass is 9.71. The Morgan fingerprint density at radius 3 is 2.26 bits per heavy atom. The first-order valence-electron chi connectivity index (χ1n) is 10.9. The zero-order valence-electron chi connectivity index (χ0n) is 20.2. The largest absolute Gasteiger partial charge is 0.344 e. The van der Waals surface area contributed by atoms with Gasteiger partial charge in [0.2, 0.25) is 0 Å². The van der Waals surface area contributed by atoms with Crippen molar-refractivity contribution in [3.63, 3.8) is 0 Å². The van der Waals surface area contributed by atoms with Gasteiger partial charge in [-0.05, 0) is 64.7 Å². The van der Waals surface area contributed by atoms with E-state index in [0.717, 1.165) is 29.4 Å². The number of hydrogen-bond acceptors (Lipinski definition) is 3. The second-order valence-corrected chi connectivity index (χ2v) is 9.52. The highest BCUT2D eigenvalue weighted by molar-refractivity contribution is 5.72. The van der Waals surface area contributed by atoms with Crippen molar-refractivity contribution in [1.29, 1.82) is 0 Å². The van der Waals surface area contributed by atoms with Crippen LogP contribution in [0.4, 0.5) is 0 Å². The molecule has 1 unspecified atom stereocenters. The van der Waals surface area contributed by atoms with Crippen molar-refractivity contribution >= 4 is 6.29 Å². The zero-order valence-corrected chi connectivity index (χ0v) is 20.2. The van der Waals surface area contributed by atoms with Crippen molar-refractivity contribution < 1.29 is 14.3 Å². The molecule has 1 aliphatic heterocycles. The van der Waals surface area contributed by atoms with Crippen LogP contribution in [-0.2, 0) is 14.3 Å². The second-order valence-electron chi connectivity index (χ2n) is 9.52. The monoisotopic (exact) mass is 420 g/mol. The molecule has 1 fully saturated rings. The van der Waals surface area contributed by atoms with E-state index in [1.165, 1.54) is 5.57 Å². The van der Waals surface area contributed by atoms with E-state index >= 15 is 0 Å². The number of ether oxygens (including phenoxy) is 2. The molecule has 0 amide bonds. The van der Waals surface area contributed by atoms with Crippen LogP contribution >= 0.6 is 0 Å². The minimum absolute atomic E-state index is 0.0116. The van der Waals surface area contributed by atoms with Crippen LogP contribution < -0.4 is 0 Å². The molecule has 2 atom stereocenters. The molecule has 1 saturated heterocycles. The maximum atomic E-state index is 10.6. The first-order valence-corrected chi connectivity index (χ1v) is 10.9. The van der Waals surface area contributed by atoms with Gasteiger partial charge < -0.3 is 9.47 Å². The minimum atomic E-state index is -0.541. The topological polar surface area (TPSA) is 35.5 Å². The Hall–Kier alpha value is -2.41. The molecule has 0 radical (unpaired) electrons. The molecule has 0 aromatic rings. The van der Waals surface area contributed by atoms with E-state index in [1.54, 1.807) is 13.0 Å². The summed E-state index contributed by atoms with van der Waals surface area (Å²) in [5.74, 6) is 6.20. The van der Waals surface area contributed by atoms with Crippen molar-refractivity contribution in [3.8, 4) is 11.8 Å². The average Bonchev–Trinajstić information content (AvgIpc) is 2.98. The summed E-state index contributed by atoms with van der Waals surface area (Å²) in [6.07, 6.45) is 15.5. The van der Waals surface area contributed by atoms with Gasteiger partial charge in [-0.2, -0.15) is 0 Å². The van der Waals surface area contributed by atoms with Crippen molar-refractivity contribution in [2.45, 2.75) is 79.8 Å². The molecule has 2 rings (SSSR count). The fraction of sp³-hybridized carbons (Fsp3) is 0.464. The lowest BCUT2D eigenvalue weighted by molar-refractivity contribution is -0.144. The van der Waals surface area contributed by atoms with Crippen molar-refractivity contribution in [3.05, 3.63) is 70.4 Å². The highest BCUT2D eigenvalue weighted by Gasteiger charge is 2.49. The van der Waals surface area contributed by atoms with Crippen LogP contribution in [0.5, 0.6) is 0 Å². The van der Waals surface area contributed by atoms with Gasteiger partial charge in [0, 0.05) is 11.0 Å². The number of carbonyl (C=O) groups is 1. The van der Waals surface area contributed by atoms with Gasteiger partial charge in [-0.1, -0.05) is 73.8 Å². The average molecular weight is 421 g/mol. The Morgan fingerprint density at radius 2 is 1.61 bits per heavy atom. The first kappa shape index (κ1) is 24.9. The van der Waals surface area contributed by atoms with E-state index in [1.807, 2.05) is 64.2 Å². The molecule has 0 aromatic carbocycles. The van der Waals surface area contributed by atoms with Gasteiger partial charge in [-0.15, -0.1) is 0 Å². The highest BCUT2D eigenvalue weighted by Crippen LogP contribution is 2.47. The summed E-state index contributed by atoms with van der Waals surface area (Å²) in [5.41, 5.74) is 5.13. The maximum absolute atomic E-state index is 10.6. The van der Waals surface area contributed by atoms with Crippen LogP contribution in [0.1, 0.15) is 61.8 Å². The molecule has 31 heavy (non-hydrogen) atoms. The Kier molecular flexibility index (Phi) is 8.23. The highest BCUT2D eigenvalue weighted by atomic mass is 16.7. The molecule has 3 heteroatoms. The fourth-order valence-electron chi connectivity index (χ4n) is 3.96. The standard InChI is InChI=1S/C28H36O3/c1-20(12-9-10-13-22(3)19-29)14-11-15-21(2)16-17-24-23(4)26-25(18-27(24,5)6)30-28(7,8)31-26/h9-15,19,25-26H,18H2,1-8H3/b10-9+,14-11+,20-12+,21-15+,22-13+/t25-,26?/m0/s1.